The van der Waals surface area contributed by atoms with E-state index in [1.165, 1.54) is 0 Å². The van der Waals surface area contributed by atoms with E-state index in [-0.39, 0.29) is 24.0 Å². The predicted molar refractivity (Wildman–Crippen MR) is 189 cm³/mol. The number of aromatic nitrogens is 2. The number of ketones is 1. The highest BCUT2D eigenvalue weighted by Crippen LogP contribution is 2.32. The second-order valence-electron chi connectivity index (χ2n) is 13.9. The van der Waals surface area contributed by atoms with Gasteiger partial charge in [0.25, 0.3) is 0 Å². The number of amides is 2. The Hall–Kier alpha value is -5.19. The fraction of sp³-hybridized carbons (Fsp3) is 0.395. The van der Waals surface area contributed by atoms with Crippen molar-refractivity contribution in [3.63, 3.8) is 0 Å². The molecule has 1 aromatic heterocycles. The van der Waals surface area contributed by atoms with Crippen molar-refractivity contribution in [3.05, 3.63) is 84.1 Å². The third-order valence-corrected chi connectivity index (χ3v) is 9.15. The SMILES string of the molecule is CC(C)(C)OC(=O)NCC1CCC(C(=O)C[C@@H](Cc2ccc(-c3cccc4[nH]ncc34)cc2)C(=O)Nc2ccc(C3=NCN=N3)cc2)CC1. The highest BCUT2D eigenvalue weighted by Gasteiger charge is 2.31. The van der Waals surface area contributed by atoms with Crippen molar-refractivity contribution >= 4 is 40.2 Å². The number of rotatable bonds is 11. The predicted octanol–water partition coefficient (Wildman–Crippen LogP) is 7.49. The number of azo groups is 1. The molecule has 0 unspecified atom stereocenters. The molecule has 11 nitrogen and oxygen atoms in total. The molecule has 0 radical (unpaired) electrons. The van der Waals surface area contributed by atoms with Gasteiger partial charge in [-0.1, -0.05) is 36.4 Å². The van der Waals surface area contributed by atoms with Crippen LogP contribution in [0, 0.1) is 17.8 Å². The highest BCUT2D eigenvalue weighted by molar-refractivity contribution is 6.01. The van der Waals surface area contributed by atoms with Gasteiger partial charge >= 0.3 is 6.09 Å². The Morgan fingerprint density at radius 2 is 1.67 bits per heavy atom. The third-order valence-electron chi connectivity index (χ3n) is 9.15. The Morgan fingerprint density at radius 3 is 2.37 bits per heavy atom. The molecule has 1 aliphatic carbocycles. The maximum absolute atomic E-state index is 13.8. The Balaban J connectivity index is 1.11. The van der Waals surface area contributed by atoms with Crippen LogP contribution in [0.25, 0.3) is 22.0 Å². The quantitative estimate of drug-likeness (QED) is 0.152. The van der Waals surface area contributed by atoms with Crippen LogP contribution in [0.5, 0.6) is 0 Å². The smallest absolute Gasteiger partial charge is 0.407 e. The van der Waals surface area contributed by atoms with Crippen molar-refractivity contribution in [3.8, 4) is 11.1 Å². The summed E-state index contributed by atoms with van der Waals surface area (Å²) in [6.07, 6.45) is 5.15. The number of carbonyl (C=O) groups excluding carboxylic acids is 3. The molecule has 11 heteroatoms. The van der Waals surface area contributed by atoms with E-state index in [0.717, 1.165) is 58.8 Å². The lowest BCUT2D eigenvalue weighted by molar-refractivity contribution is -0.129. The Bertz CT molecular complexity index is 1850. The summed E-state index contributed by atoms with van der Waals surface area (Å²) in [5.41, 5.74) is 5.00. The third kappa shape index (κ3) is 8.84. The summed E-state index contributed by atoms with van der Waals surface area (Å²) in [5, 5.41) is 22.1. The molecule has 6 rings (SSSR count). The van der Waals surface area contributed by atoms with Crippen LogP contribution < -0.4 is 10.6 Å². The number of hydrogen-bond donors (Lipinski definition) is 3. The normalized spacial score (nSPS) is 18.1. The van der Waals surface area contributed by atoms with Gasteiger partial charge in [0.15, 0.2) is 12.5 Å². The van der Waals surface area contributed by atoms with Gasteiger partial charge in [-0.25, -0.2) is 9.79 Å². The van der Waals surface area contributed by atoms with Gasteiger partial charge in [-0.15, -0.1) is 5.11 Å². The number of ether oxygens (including phenoxy) is 1. The first-order valence-corrected chi connectivity index (χ1v) is 17.0. The van der Waals surface area contributed by atoms with E-state index in [1.54, 1.807) is 0 Å². The monoisotopic (exact) mass is 661 g/mol. The molecule has 1 fully saturated rings. The first kappa shape index (κ1) is 33.7. The average Bonchev–Trinajstić information content (AvgIpc) is 3.80. The number of carbonyl (C=O) groups is 3. The molecule has 1 saturated carbocycles. The molecule has 2 aliphatic rings. The number of anilines is 1. The van der Waals surface area contributed by atoms with E-state index < -0.39 is 17.6 Å². The van der Waals surface area contributed by atoms with Gasteiger partial charge in [0.05, 0.1) is 11.7 Å². The fourth-order valence-corrected chi connectivity index (χ4v) is 6.55. The maximum atomic E-state index is 13.8. The van der Waals surface area contributed by atoms with Crippen molar-refractivity contribution in [1.29, 1.82) is 0 Å². The largest absolute Gasteiger partial charge is 0.444 e. The summed E-state index contributed by atoms with van der Waals surface area (Å²) >= 11 is 0. The van der Waals surface area contributed by atoms with Crippen molar-refractivity contribution in [2.45, 2.75) is 64.9 Å². The van der Waals surface area contributed by atoms with Gasteiger partial charge < -0.3 is 15.4 Å². The fourth-order valence-electron chi connectivity index (χ4n) is 6.55. The van der Waals surface area contributed by atoms with E-state index in [4.69, 9.17) is 4.74 Å². The zero-order valence-corrected chi connectivity index (χ0v) is 28.2. The minimum atomic E-state index is -0.547. The van der Waals surface area contributed by atoms with Crippen LogP contribution >= 0.6 is 0 Å². The van der Waals surface area contributed by atoms with Crippen LogP contribution in [0.4, 0.5) is 10.5 Å². The molecule has 49 heavy (non-hydrogen) atoms. The summed E-state index contributed by atoms with van der Waals surface area (Å²) in [5.74, 6) is 0.135. The molecule has 0 bridgehead atoms. The number of aromatic amines is 1. The second kappa shape index (κ2) is 14.9. The molecular weight excluding hydrogens is 618 g/mol. The average molecular weight is 662 g/mol. The van der Waals surface area contributed by atoms with Crippen LogP contribution in [0.2, 0.25) is 0 Å². The van der Waals surface area contributed by atoms with Gasteiger partial charge in [-0.2, -0.15) is 10.2 Å². The number of alkyl carbamates (subject to hydrolysis) is 1. The molecule has 1 atom stereocenters. The number of H-pyrrole nitrogens is 1. The number of aliphatic imine (C=N–C) groups is 1. The second-order valence-corrected chi connectivity index (χ2v) is 13.9. The van der Waals surface area contributed by atoms with Gasteiger partial charge in [-0.3, -0.25) is 14.7 Å². The molecule has 2 heterocycles. The first-order chi connectivity index (χ1) is 23.6. The summed E-state index contributed by atoms with van der Waals surface area (Å²) in [6.45, 7) is 6.37. The van der Waals surface area contributed by atoms with E-state index in [2.05, 4.69) is 54.3 Å². The lowest BCUT2D eigenvalue weighted by Gasteiger charge is -2.29. The Morgan fingerprint density at radius 1 is 0.939 bits per heavy atom. The lowest BCUT2D eigenvalue weighted by atomic mass is 9.77. The summed E-state index contributed by atoms with van der Waals surface area (Å²) in [4.78, 5) is 43.9. The van der Waals surface area contributed by atoms with Crippen LogP contribution in [0.3, 0.4) is 0 Å². The topological polar surface area (TPSA) is 150 Å². The molecule has 4 aromatic rings. The molecule has 1 aliphatic heterocycles. The highest BCUT2D eigenvalue weighted by atomic mass is 16.6. The minimum Gasteiger partial charge on any atom is -0.444 e. The lowest BCUT2D eigenvalue weighted by Crippen LogP contribution is -2.37. The van der Waals surface area contributed by atoms with Crippen molar-refractivity contribution in [2.24, 2.45) is 33.0 Å². The number of Topliss-reactive ketones (excluding diaryl/α,β-unsaturated/α-hetero) is 1. The number of nitrogens with one attached hydrogen (secondary N) is 3. The first-order valence-electron chi connectivity index (χ1n) is 17.0. The van der Waals surface area contributed by atoms with Crippen molar-refractivity contribution in [2.75, 3.05) is 18.5 Å². The number of fused-ring (bicyclic) bond motifs is 1. The number of nitrogens with zero attached hydrogens (tertiary/aromatic N) is 4. The number of hydrogen-bond acceptors (Lipinski definition) is 8. The van der Waals surface area contributed by atoms with Crippen LogP contribution in [-0.2, 0) is 20.7 Å². The minimum absolute atomic E-state index is 0.105. The molecule has 0 spiro atoms. The molecule has 2 amide bonds. The van der Waals surface area contributed by atoms with Gasteiger partial charge in [0.1, 0.15) is 11.4 Å². The van der Waals surface area contributed by atoms with Crippen LogP contribution in [0.15, 0.2) is 88.1 Å². The van der Waals surface area contributed by atoms with Gasteiger partial charge in [0, 0.05) is 41.4 Å². The number of benzene rings is 3. The van der Waals surface area contributed by atoms with Gasteiger partial charge in [-0.05, 0) is 106 Å². The van der Waals surface area contributed by atoms with Crippen LogP contribution in [-0.4, -0.2) is 52.6 Å². The zero-order chi connectivity index (χ0) is 34.4. The van der Waals surface area contributed by atoms with E-state index >= 15 is 0 Å². The molecule has 0 saturated heterocycles. The van der Waals surface area contributed by atoms with E-state index in [1.807, 2.05) is 75.5 Å². The standard InChI is InChI=1S/C38H43N7O4/c1-38(2,3)49-37(48)39-21-25-9-13-27(14-10-25)34(46)20-29(36(47)43-30-17-15-28(16-18-30)35-40-23-42-45-35)19-24-7-11-26(12-8-24)31-5-4-6-33-32(31)22-41-44-33/h4-8,11-12,15-18,22,25,27,29H,9-10,13-14,19-21,23H2,1-3H3,(H,39,48)(H,41,44)(H,43,47)/t25?,27?,29-/m1/s1. The van der Waals surface area contributed by atoms with Crippen LogP contribution in [0.1, 0.15) is 64.0 Å². The molecule has 3 N–H and O–H groups in total. The molecular formula is C38H43N7O4. The maximum Gasteiger partial charge on any atom is 0.407 e. The van der Waals surface area contributed by atoms with Gasteiger partial charge in [0.2, 0.25) is 5.91 Å². The molecule has 254 valence electrons. The van der Waals surface area contributed by atoms with E-state index in [9.17, 15) is 14.4 Å². The zero-order valence-electron chi connectivity index (χ0n) is 28.2. The van der Waals surface area contributed by atoms with Crippen molar-refractivity contribution < 1.29 is 19.1 Å². The molecule has 3 aromatic carbocycles. The summed E-state index contributed by atoms with van der Waals surface area (Å²) in [7, 11) is 0. The summed E-state index contributed by atoms with van der Waals surface area (Å²) < 4.78 is 5.36. The van der Waals surface area contributed by atoms with E-state index in [0.29, 0.717) is 37.1 Å². The summed E-state index contributed by atoms with van der Waals surface area (Å²) in [6, 6.07) is 21.6. The van der Waals surface area contributed by atoms with Crippen molar-refractivity contribution in [1.82, 2.24) is 15.5 Å². The Labute approximate surface area is 286 Å². The Kier molecular flexibility index (Phi) is 10.3. The number of amidine groups is 1.